The van der Waals surface area contributed by atoms with Crippen LogP contribution in [0.25, 0.3) is 0 Å². The third kappa shape index (κ3) is 5.56. The van der Waals surface area contributed by atoms with Crippen molar-refractivity contribution in [2.75, 3.05) is 18.6 Å². The number of hydrogen-bond acceptors (Lipinski definition) is 5. The van der Waals surface area contributed by atoms with Crippen LogP contribution in [0.1, 0.15) is 12.0 Å². The zero-order chi connectivity index (χ0) is 14.5. The molecule has 0 saturated carbocycles. The maximum Gasteiger partial charge on any atom is 0.270 e. The molecule has 19 heavy (non-hydrogen) atoms. The minimum absolute atomic E-state index is 0.00191. The molecule has 1 rings (SSSR count). The maximum atomic E-state index is 10.9. The summed E-state index contributed by atoms with van der Waals surface area (Å²) in [5, 5.41) is 11.1. The lowest BCUT2D eigenvalue weighted by Crippen LogP contribution is -2.08. The number of hydrogen-bond donors (Lipinski definition) is 0. The molecule has 0 radical (unpaired) electrons. The van der Waals surface area contributed by atoms with E-state index in [1.54, 1.807) is 0 Å². The molecule has 0 amide bonds. The Hall–Kier alpha value is -1.15. The van der Waals surface area contributed by atoms with Crippen LogP contribution < -0.4 is 4.74 Å². The highest BCUT2D eigenvalue weighted by atomic mass is 79.9. The third-order valence-corrected chi connectivity index (χ3v) is 3.95. The lowest BCUT2D eigenvalue weighted by Gasteiger charge is -2.09. The third-order valence-electron chi connectivity index (χ3n) is 2.32. The molecule has 0 aliphatic carbocycles. The first-order valence-electron chi connectivity index (χ1n) is 5.47. The summed E-state index contributed by atoms with van der Waals surface area (Å²) < 4.78 is 27.3. The number of sulfone groups is 1. The number of nitrogens with zero attached hydrogens (tertiary/aromatic N) is 1. The second-order valence-electron chi connectivity index (χ2n) is 4.01. The molecule has 0 spiro atoms. The Morgan fingerprint density at radius 1 is 1.42 bits per heavy atom. The first kappa shape index (κ1) is 15.9. The lowest BCUT2D eigenvalue weighted by molar-refractivity contribution is -0.384. The smallest absolute Gasteiger partial charge is 0.270 e. The quantitative estimate of drug-likeness (QED) is 0.325. The van der Waals surface area contributed by atoms with Gasteiger partial charge in [0.2, 0.25) is 0 Å². The number of benzene rings is 1. The molecule has 1 aromatic rings. The van der Waals surface area contributed by atoms with Gasteiger partial charge in [-0.05, 0) is 12.5 Å². The summed E-state index contributed by atoms with van der Waals surface area (Å²) in [5.41, 5.74) is 0.659. The van der Waals surface area contributed by atoms with Crippen molar-refractivity contribution in [3.8, 4) is 5.75 Å². The lowest BCUT2D eigenvalue weighted by atomic mass is 10.2. The zero-order valence-corrected chi connectivity index (χ0v) is 12.7. The van der Waals surface area contributed by atoms with E-state index in [0.717, 1.165) is 0 Å². The van der Waals surface area contributed by atoms with Crippen LogP contribution in [0.4, 0.5) is 5.69 Å². The molecule has 0 atom stereocenters. The van der Waals surface area contributed by atoms with Gasteiger partial charge in [0.25, 0.3) is 5.69 Å². The van der Waals surface area contributed by atoms with Crippen LogP contribution in [-0.4, -0.2) is 32.0 Å². The highest BCUT2D eigenvalue weighted by Crippen LogP contribution is 2.26. The van der Waals surface area contributed by atoms with Crippen LogP contribution in [-0.2, 0) is 15.2 Å². The van der Waals surface area contributed by atoms with Gasteiger partial charge < -0.3 is 4.74 Å². The molecule has 6 nitrogen and oxygen atoms in total. The van der Waals surface area contributed by atoms with Crippen LogP contribution in [0.5, 0.6) is 5.75 Å². The Labute approximate surface area is 120 Å². The summed E-state index contributed by atoms with van der Waals surface area (Å²) >= 11 is 3.23. The molecule has 0 saturated heterocycles. The summed E-state index contributed by atoms with van der Waals surface area (Å²) in [7, 11) is -2.99. The molecule has 0 aromatic heterocycles. The molecule has 106 valence electrons. The van der Waals surface area contributed by atoms with Gasteiger partial charge in [0.15, 0.2) is 0 Å². The number of ether oxygens (including phenoxy) is 1. The van der Waals surface area contributed by atoms with Crippen LogP contribution in [0.2, 0.25) is 0 Å². The van der Waals surface area contributed by atoms with Crippen LogP contribution in [0, 0.1) is 10.1 Å². The molecule has 0 aliphatic rings. The van der Waals surface area contributed by atoms with E-state index < -0.39 is 14.8 Å². The normalized spacial score (nSPS) is 11.3. The fraction of sp³-hybridized carbons (Fsp3) is 0.455. The standard InChI is InChI=1S/C11H14BrNO5S/c1-19(16,17)6-2-5-18-11-4-3-10(13(14)15)7-9(11)8-12/h3-4,7H,2,5-6,8H2,1H3. The molecule has 0 bridgehead atoms. The van der Waals surface area contributed by atoms with E-state index in [2.05, 4.69) is 15.9 Å². The largest absolute Gasteiger partial charge is 0.493 e. The van der Waals surface area contributed by atoms with Crippen molar-refractivity contribution >= 4 is 31.5 Å². The highest BCUT2D eigenvalue weighted by molar-refractivity contribution is 9.08. The molecule has 0 fully saturated rings. The van der Waals surface area contributed by atoms with Crippen molar-refractivity contribution in [1.82, 2.24) is 0 Å². The van der Waals surface area contributed by atoms with Crippen molar-refractivity contribution in [3.05, 3.63) is 33.9 Å². The molecular formula is C11H14BrNO5S. The Balaban J connectivity index is 2.66. The Bertz CT molecular complexity index is 558. The van der Waals surface area contributed by atoms with Crippen molar-refractivity contribution in [1.29, 1.82) is 0 Å². The van der Waals surface area contributed by atoms with E-state index >= 15 is 0 Å². The average Bonchev–Trinajstić information content (AvgIpc) is 2.33. The highest BCUT2D eigenvalue weighted by Gasteiger charge is 2.11. The van der Waals surface area contributed by atoms with Crippen molar-refractivity contribution in [2.24, 2.45) is 0 Å². The van der Waals surface area contributed by atoms with Gasteiger partial charge >= 0.3 is 0 Å². The molecule has 0 aliphatic heterocycles. The van der Waals surface area contributed by atoms with Gasteiger partial charge in [-0.3, -0.25) is 10.1 Å². The van der Waals surface area contributed by atoms with Crippen LogP contribution >= 0.6 is 15.9 Å². The fourth-order valence-corrected chi connectivity index (χ4v) is 2.51. The van der Waals surface area contributed by atoms with E-state index in [9.17, 15) is 18.5 Å². The molecule has 8 heteroatoms. The number of nitro groups is 1. The summed E-state index contributed by atoms with van der Waals surface area (Å²) in [6, 6.07) is 4.31. The maximum absolute atomic E-state index is 10.9. The van der Waals surface area contributed by atoms with E-state index in [1.807, 2.05) is 0 Å². The van der Waals surface area contributed by atoms with Crippen molar-refractivity contribution in [3.63, 3.8) is 0 Å². The van der Waals surface area contributed by atoms with Crippen molar-refractivity contribution < 1.29 is 18.1 Å². The molecule has 1 aromatic carbocycles. The first-order valence-corrected chi connectivity index (χ1v) is 8.65. The van der Waals surface area contributed by atoms with E-state index in [0.29, 0.717) is 23.1 Å². The Morgan fingerprint density at radius 2 is 2.11 bits per heavy atom. The topological polar surface area (TPSA) is 86.5 Å². The minimum Gasteiger partial charge on any atom is -0.493 e. The molecule has 0 unspecified atom stereocenters. The van der Waals surface area contributed by atoms with E-state index in [4.69, 9.17) is 4.74 Å². The Morgan fingerprint density at radius 3 is 2.63 bits per heavy atom. The van der Waals surface area contributed by atoms with Crippen molar-refractivity contribution in [2.45, 2.75) is 11.8 Å². The average molecular weight is 352 g/mol. The number of non-ortho nitro benzene ring substituents is 1. The van der Waals surface area contributed by atoms with Gasteiger partial charge in [-0.1, -0.05) is 15.9 Å². The predicted octanol–water partition coefficient (Wildman–Crippen LogP) is 2.30. The predicted molar refractivity (Wildman–Crippen MR) is 75.6 cm³/mol. The number of nitro benzene ring substituents is 1. The van der Waals surface area contributed by atoms with Gasteiger partial charge in [0, 0.05) is 29.3 Å². The van der Waals surface area contributed by atoms with Gasteiger partial charge in [-0.2, -0.15) is 0 Å². The molecule has 0 heterocycles. The minimum atomic E-state index is -2.99. The SMILES string of the molecule is CS(=O)(=O)CCCOc1ccc([N+](=O)[O-])cc1CBr. The number of alkyl halides is 1. The van der Waals surface area contributed by atoms with Crippen LogP contribution in [0.3, 0.4) is 0 Å². The Kier molecular flexibility index (Phi) is 5.74. The first-order chi connectivity index (χ1) is 8.83. The van der Waals surface area contributed by atoms with Gasteiger partial charge in [-0.15, -0.1) is 0 Å². The fourth-order valence-electron chi connectivity index (χ4n) is 1.43. The molecular weight excluding hydrogens is 338 g/mol. The summed E-state index contributed by atoms with van der Waals surface area (Å²) in [4.78, 5) is 10.2. The summed E-state index contributed by atoms with van der Waals surface area (Å²) in [5.74, 6) is 0.583. The van der Waals surface area contributed by atoms with Crippen LogP contribution in [0.15, 0.2) is 18.2 Å². The second kappa shape index (κ2) is 6.85. The second-order valence-corrected chi connectivity index (χ2v) is 6.84. The van der Waals surface area contributed by atoms with Gasteiger partial charge in [0.1, 0.15) is 15.6 Å². The number of halogens is 1. The monoisotopic (exact) mass is 351 g/mol. The van der Waals surface area contributed by atoms with E-state index in [1.165, 1.54) is 24.5 Å². The zero-order valence-electron chi connectivity index (χ0n) is 10.3. The van der Waals surface area contributed by atoms with Gasteiger partial charge in [0.05, 0.1) is 17.3 Å². The van der Waals surface area contributed by atoms with E-state index in [-0.39, 0.29) is 18.0 Å². The number of rotatable bonds is 7. The summed E-state index contributed by atoms with van der Waals surface area (Å²) in [6.07, 6.45) is 1.56. The summed E-state index contributed by atoms with van der Waals surface area (Å²) in [6.45, 7) is 0.255. The van der Waals surface area contributed by atoms with Gasteiger partial charge in [-0.25, -0.2) is 8.42 Å². The molecule has 0 N–H and O–H groups in total.